The molecule has 2 rings (SSSR count). The van der Waals surface area contributed by atoms with Gasteiger partial charge in [0.25, 0.3) is 0 Å². The van der Waals surface area contributed by atoms with Crippen LogP contribution in [0.1, 0.15) is 42.1 Å². The van der Waals surface area contributed by atoms with Crippen LogP contribution in [0.25, 0.3) is 5.76 Å². The van der Waals surface area contributed by atoms with E-state index in [1.807, 2.05) is 24.3 Å². The topological polar surface area (TPSA) is 26.3 Å². The summed E-state index contributed by atoms with van der Waals surface area (Å²) in [6, 6.07) is 7.51. The Morgan fingerprint density at radius 1 is 1.27 bits per heavy atom. The molecule has 0 atom stereocenters. The zero-order valence-corrected chi connectivity index (χ0v) is 8.82. The van der Waals surface area contributed by atoms with Crippen LogP contribution >= 0.6 is 0 Å². The van der Waals surface area contributed by atoms with Gasteiger partial charge in [0.2, 0.25) is 0 Å². The third-order valence-electron chi connectivity index (χ3n) is 2.50. The van der Waals surface area contributed by atoms with Gasteiger partial charge >= 0.3 is 5.97 Å². The average molecular weight is 202 g/mol. The van der Waals surface area contributed by atoms with Gasteiger partial charge in [0.1, 0.15) is 5.76 Å². The Labute approximate surface area is 89.6 Å². The Balaban J connectivity index is 2.24. The first kappa shape index (κ1) is 9.97. The quantitative estimate of drug-likeness (QED) is 0.554. The normalized spacial score (nSPS) is 16.6. The Kier molecular flexibility index (Phi) is 2.86. The standard InChI is InChI=1S/C13H14O2/c1-2-3-4-9-12-10-7-5-6-8-11(10)13(14)15-12/h5-9H,2-4H2,1H3/b12-9+. The number of unbranched alkanes of at least 4 members (excludes halogenated alkanes) is 2. The largest absolute Gasteiger partial charge is 0.423 e. The van der Waals surface area contributed by atoms with Gasteiger partial charge in [0.05, 0.1) is 5.56 Å². The highest BCUT2D eigenvalue weighted by atomic mass is 16.5. The third-order valence-corrected chi connectivity index (χ3v) is 2.50. The van der Waals surface area contributed by atoms with Crippen LogP contribution < -0.4 is 0 Å². The number of carbonyl (C=O) groups excluding carboxylic acids is 1. The molecule has 0 saturated heterocycles. The summed E-state index contributed by atoms with van der Waals surface area (Å²) < 4.78 is 5.20. The summed E-state index contributed by atoms with van der Waals surface area (Å²) in [6.45, 7) is 2.15. The highest BCUT2D eigenvalue weighted by Gasteiger charge is 2.24. The molecule has 0 saturated carbocycles. The molecule has 1 aromatic carbocycles. The van der Waals surface area contributed by atoms with E-state index in [0.29, 0.717) is 5.56 Å². The molecule has 1 heterocycles. The maximum absolute atomic E-state index is 11.4. The van der Waals surface area contributed by atoms with Crippen molar-refractivity contribution in [3.8, 4) is 0 Å². The highest BCUT2D eigenvalue weighted by Crippen LogP contribution is 2.29. The minimum Gasteiger partial charge on any atom is -0.423 e. The van der Waals surface area contributed by atoms with E-state index < -0.39 is 0 Å². The van der Waals surface area contributed by atoms with Gasteiger partial charge in [-0.05, 0) is 25.0 Å². The number of hydrogen-bond donors (Lipinski definition) is 0. The first-order valence-electron chi connectivity index (χ1n) is 5.34. The van der Waals surface area contributed by atoms with E-state index in [2.05, 4.69) is 6.92 Å². The molecule has 0 N–H and O–H groups in total. The van der Waals surface area contributed by atoms with Crippen molar-refractivity contribution < 1.29 is 9.53 Å². The minimum atomic E-state index is -0.228. The number of ether oxygens (including phenoxy) is 1. The molecule has 0 fully saturated rings. The molecule has 1 aliphatic rings. The van der Waals surface area contributed by atoms with Crippen molar-refractivity contribution in [1.29, 1.82) is 0 Å². The lowest BCUT2D eigenvalue weighted by Gasteiger charge is -1.97. The fourth-order valence-corrected chi connectivity index (χ4v) is 1.67. The Bertz CT molecular complexity index is 405. The summed E-state index contributed by atoms with van der Waals surface area (Å²) >= 11 is 0. The number of cyclic esters (lactones) is 1. The molecular weight excluding hydrogens is 188 g/mol. The Morgan fingerprint density at radius 3 is 2.73 bits per heavy atom. The summed E-state index contributed by atoms with van der Waals surface area (Å²) in [5, 5.41) is 0. The van der Waals surface area contributed by atoms with Crippen LogP contribution in [0.5, 0.6) is 0 Å². The number of fused-ring (bicyclic) bond motifs is 1. The molecule has 1 aliphatic heterocycles. The minimum absolute atomic E-state index is 0.228. The molecule has 0 aromatic heterocycles. The molecule has 0 spiro atoms. The van der Waals surface area contributed by atoms with Crippen LogP contribution in [0.15, 0.2) is 30.3 Å². The predicted molar refractivity (Wildman–Crippen MR) is 59.4 cm³/mol. The van der Waals surface area contributed by atoms with Crippen molar-refractivity contribution in [3.63, 3.8) is 0 Å². The molecule has 0 aliphatic carbocycles. The molecule has 2 heteroatoms. The predicted octanol–water partition coefficient (Wildman–Crippen LogP) is 3.39. The molecule has 0 radical (unpaired) electrons. The summed E-state index contributed by atoms with van der Waals surface area (Å²) in [5.41, 5.74) is 1.61. The molecular formula is C13H14O2. The number of rotatable bonds is 3. The molecule has 0 amide bonds. The lowest BCUT2D eigenvalue weighted by Crippen LogP contribution is -1.92. The van der Waals surface area contributed by atoms with Gasteiger partial charge in [-0.1, -0.05) is 31.5 Å². The summed E-state index contributed by atoms with van der Waals surface area (Å²) in [5.74, 6) is 0.498. The van der Waals surface area contributed by atoms with E-state index in [1.165, 1.54) is 0 Å². The van der Waals surface area contributed by atoms with Gasteiger partial charge in [-0.3, -0.25) is 0 Å². The fraction of sp³-hybridized carbons (Fsp3) is 0.308. The van der Waals surface area contributed by atoms with Crippen LogP contribution in [-0.2, 0) is 4.74 Å². The maximum atomic E-state index is 11.4. The van der Waals surface area contributed by atoms with E-state index in [9.17, 15) is 4.79 Å². The molecule has 0 unspecified atom stereocenters. The van der Waals surface area contributed by atoms with Gasteiger partial charge in [-0.15, -0.1) is 0 Å². The van der Waals surface area contributed by atoms with Crippen LogP contribution in [-0.4, -0.2) is 5.97 Å². The number of hydrogen-bond acceptors (Lipinski definition) is 2. The summed E-state index contributed by atoms with van der Waals surface area (Å²) in [6.07, 6.45) is 5.25. The first-order valence-corrected chi connectivity index (χ1v) is 5.34. The van der Waals surface area contributed by atoms with Gasteiger partial charge in [-0.25, -0.2) is 4.79 Å². The van der Waals surface area contributed by atoms with Crippen molar-refractivity contribution in [3.05, 3.63) is 41.5 Å². The Hall–Kier alpha value is -1.57. The maximum Gasteiger partial charge on any atom is 0.344 e. The Morgan fingerprint density at radius 2 is 2.00 bits per heavy atom. The second kappa shape index (κ2) is 4.30. The van der Waals surface area contributed by atoms with Crippen LogP contribution in [0.2, 0.25) is 0 Å². The second-order valence-corrected chi connectivity index (χ2v) is 3.65. The molecule has 15 heavy (non-hydrogen) atoms. The molecule has 2 nitrogen and oxygen atoms in total. The van der Waals surface area contributed by atoms with Gasteiger partial charge in [0, 0.05) is 5.56 Å². The van der Waals surface area contributed by atoms with E-state index in [-0.39, 0.29) is 5.97 Å². The van der Waals surface area contributed by atoms with E-state index >= 15 is 0 Å². The fourth-order valence-electron chi connectivity index (χ4n) is 1.67. The lowest BCUT2D eigenvalue weighted by atomic mass is 10.1. The SMILES string of the molecule is CCCC/C=C1/OC(=O)c2ccccc21. The van der Waals surface area contributed by atoms with Crippen molar-refractivity contribution in [2.24, 2.45) is 0 Å². The second-order valence-electron chi connectivity index (χ2n) is 3.65. The number of esters is 1. The first-order chi connectivity index (χ1) is 7.33. The molecule has 78 valence electrons. The monoisotopic (exact) mass is 202 g/mol. The number of carbonyl (C=O) groups is 1. The van der Waals surface area contributed by atoms with E-state index in [4.69, 9.17) is 4.74 Å². The lowest BCUT2D eigenvalue weighted by molar-refractivity contribution is 0.0715. The van der Waals surface area contributed by atoms with Crippen LogP contribution in [0, 0.1) is 0 Å². The zero-order valence-electron chi connectivity index (χ0n) is 8.82. The van der Waals surface area contributed by atoms with E-state index in [1.54, 1.807) is 6.07 Å². The van der Waals surface area contributed by atoms with Crippen molar-refractivity contribution in [2.45, 2.75) is 26.2 Å². The summed E-state index contributed by atoms with van der Waals surface area (Å²) in [4.78, 5) is 11.4. The third kappa shape index (κ3) is 1.94. The summed E-state index contributed by atoms with van der Waals surface area (Å²) in [7, 11) is 0. The van der Waals surface area contributed by atoms with Crippen molar-refractivity contribution >= 4 is 11.7 Å². The molecule has 1 aromatic rings. The zero-order chi connectivity index (χ0) is 10.7. The number of allylic oxidation sites excluding steroid dienone is 1. The van der Waals surface area contributed by atoms with Gasteiger partial charge in [0.15, 0.2) is 0 Å². The van der Waals surface area contributed by atoms with Gasteiger partial charge in [-0.2, -0.15) is 0 Å². The number of benzene rings is 1. The van der Waals surface area contributed by atoms with E-state index in [0.717, 1.165) is 30.6 Å². The van der Waals surface area contributed by atoms with Crippen molar-refractivity contribution in [1.82, 2.24) is 0 Å². The van der Waals surface area contributed by atoms with Gasteiger partial charge < -0.3 is 4.74 Å². The van der Waals surface area contributed by atoms with Crippen molar-refractivity contribution in [2.75, 3.05) is 0 Å². The van der Waals surface area contributed by atoms with Crippen LogP contribution in [0.4, 0.5) is 0 Å². The average Bonchev–Trinajstić information content (AvgIpc) is 2.58. The van der Waals surface area contributed by atoms with Crippen LogP contribution in [0.3, 0.4) is 0 Å². The highest BCUT2D eigenvalue weighted by molar-refractivity contribution is 6.02. The molecule has 0 bridgehead atoms. The smallest absolute Gasteiger partial charge is 0.344 e.